The van der Waals surface area contributed by atoms with Gasteiger partial charge in [0, 0.05) is 8.47 Å². The summed E-state index contributed by atoms with van der Waals surface area (Å²) in [5.74, 6) is 4.52. The summed E-state index contributed by atoms with van der Waals surface area (Å²) in [6.07, 6.45) is 0. The summed E-state index contributed by atoms with van der Waals surface area (Å²) in [4.78, 5) is 10.1. The molecule has 0 fully saturated rings. The van der Waals surface area contributed by atoms with Gasteiger partial charge in [0.1, 0.15) is 0 Å². The first-order valence-corrected chi connectivity index (χ1v) is 1.95. The highest BCUT2D eigenvalue weighted by atomic mass is 16.1. The zero-order chi connectivity index (χ0) is 5.70. The lowest BCUT2D eigenvalue weighted by molar-refractivity contribution is -0.115. The van der Waals surface area contributed by atoms with Crippen LogP contribution in [0.15, 0.2) is 0 Å². The lowest BCUT2D eigenvalue weighted by Gasteiger charge is -1.80. The predicted molar refractivity (Wildman–Crippen MR) is 29.6 cm³/mol. The van der Waals surface area contributed by atoms with Crippen molar-refractivity contribution in [2.45, 2.75) is 6.92 Å². The fourth-order valence-corrected chi connectivity index (χ4v) is 0.176. The van der Waals surface area contributed by atoms with Crippen LogP contribution in [0.5, 0.6) is 0 Å². The molecular formula is C5H9NO. The summed E-state index contributed by atoms with van der Waals surface area (Å²) in [6, 6.07) is 0. The van der Waals surface area contributed by atoms with E-state index in [4.69, 9.17) is 0 Å². The molecule has 1 N–H and O–H groups in total. The van der Waals surface area contributed by atoms with E-state index >= 15 is 0 Å². The number of carbonyl (C=O) groups excluding carboxylic acids is 1. The number of carbonyl (C=O) groups is 1. The van der Waals surface area contributed by atoms with E-state index in [-0.39, 0.29) is 7.33 Å². The molecule has 7 heavy (non-hydrogen) atoms. The molecule has 0 spiro atoms. The fraction of sp³-hybridized carbons (Fsp3) is 0.400. The molecule has 1 amide bonds. The maximum Gasteiger partial charge on any atom is 0.295 e. The topological polar surface area (TPSA) is 29.1 Å². The van der Waals surface area contributed by atoms with Gasteiger partial charge in [0.15, 0.2) is 0 Å². The lowest BCUT2D eigenvalue weighted by Crippen LogP contribution is -2.14. The Morgan fingerprint density at radius 3 is 2.57 bits per heavy atom. The Morgan fingerprint density at radius 2 is 2.43 bits per heavy atom. The quantitative estimate of drug-likeness (QED) is 0.425. The molecular weight excluding hydrogens is 90.1 g/mol. The van der Waals surface area contributed by atoms with Crippen LogP contribution in [-0.2, 0) is 4.79 Å². The second-order valence-corrected chi connectivity index (χ2v) is 0.954. The van der Waals surface area contributed by atoms with E-state index in [0.717, 1.165) is 0 Å². The third-order valence-electron chi connectivity index (χ3n) is 0.466. The van der Waals surface area contributed by atoms with E-state index in [2.05, 4.69) is 17.2 Å². The molecule has 0 rings (SSSR count). The molecule has 0 aromatic carbocycles. The second-order valence-electron chi connectivity index (χ2n) is 0.954. The van der Waals surface area contributed by atoms with Gasteiger partial charge in [0.25, 0.3) is 5.91 Å². The monoisotopic (exact) mass is 99.1 g/mol. The molecule has 0 radical (unpaired) electrons. The Labute approximate surface area is 44.4 Å². The van der Waals surface area contributed by atoms with Crippen molar-refractivity contribution in [2.75, 3.05) is 7.05 Å². The lowest BCUT2D eigenvalue weighted by atomic mass is 10.6. The summed E-state index contributed by atoms with van der Waals surface area (Å²) in [6.45, 7) is 1.62. The Kier molecular flexibility index (Phi) is 2.78. The molecule has 40 valence electrons. The molecule has 2 heteroatoms. The molecule has 2 nitrogen and oxygen atoms in total. The van der Waals surface area contributed by atoms with Gasteiger partial charge >= 0.3 is 0 Å². The van der Waals surface area contributed by atoms with E-state index in [1.165, 1.54) is 0 Å². The molecule has 0 saturated heterocycles. The molecule has 0 aliphatic carbocycles. The van der Waals surface area contributed by atoms with Crippen molar-refractivity contribution in [1.82, 2.24) is 5.32 Å². The second kappa shape index (κ2) is 3.23. The highest BCUT2D eigenvalue weighted by Gasteiger charge is 1.81. The van der Waals surface area contributed by atoms with Gasteiger partial charge in [-0.2, -0.15) is 0 Å². The van der Waals surface area contributed by atoms with Crippen LogP contribution < -0.4 is 5.32 Å². The highest BCUT2D eigenvalue weighted by molar-refractivity contribution is 5.93. The van der Waals surface area contributed by atoms with Gasteiger partial charge in [0.2, 0.25) is 0 Å². The van der Waals surface area contributed by atoms with E-state index in [9.17, 15) is 4.79 Å². The van der Waals surface area contributed by atoms with Crippen LogP contribution in [0.2, 0.25) is 0 Å². The van der Waals surface area contributed by atoms with Crippen molar-refractivity contribution in [1.29, 1.82) is 0 Å². The number of hydrogen-bond acceptors (Lipinski definition) is 1. The summed E-state index contributed by atoms with van der Waals surface area (Å²) in [5, 5.41) is 2.35. The van der Waals surface area contributed by atoms with E-state index < -0.39 is 0 Å². The summed E-state index contributed by atoms with van der Waals surface area (Å²) >= 11 is 0. The molecule has 0 saturated carbocycles. The molecule has 0 heterocycles. The number of rotatable bonds is 0. The average molecular weight is 99.1 g/mol. The van der Waals surface area contributed by atoms with Crippen molar-refractivity contribution in [3.8, 4) is 11.8 Å². The van der Waals surface area contributed by atoms with E-state index in [1.807, 2.05) is 0 Å². The Bertz CT molecular complexity index is 122. The van der Waals surface area contributed by atoms with E-state index in [0.29, 0.717) is 0 Å². The molecule has 0 aromatic heterocycles. The van der Waals surface area contributed by atoms with Crippen LogP contribution in [0.4, 0.5) is 0 Å². The normalized spacial score (nSPS) is 6.00. The van der Waals surface area contributed by atoms with Crippen molar-refractivity contribution in [3.63, 3.8) is 0 Å². The third-order valence-corrected chi connectivity index (χ3v) is 0.466. The molecule has 0 atom stereocenters. The Balaban J connectivity index is 0. The first-order valence-electron chi connectivity index (χ1n) is 1.95. The van der Waals surface area contributed by atoms with Crippen molar-refractivity contribution < 1.29 is 6.22 Å². The summed E-state index contributed by atoms with van der Waals surface area (Å²) < 4.78 is 0. The third kappa shape index (κ3) is 2.84. The smallest absolute Gasteiger partial charge is 0.295 e. The van der Waals surface area contributed by atoms with Crippen LogP contribution in [0, 0.1) is 11.8 Å². The maximum atomic E-state index is 10.1. The van der Waals surface area contributed by atoms with Crippen molar-refractivity contribution in [2.24, 2.45) is 0 Å². The van der Waals surface area contributed by atoms with Crippen molar-refractivity contribution in [3.05, 3.63) is 0 Å². The molecule has 0 unspecified atom stereocenters. The zero-order valence-electron chi connectivity index (χ0n) is 4.41. The maximum absolute atomic E-state index is 10.1. The standard InChI is InChI=1S/C5H7NO.H2/c1-3-4-5(7)6-2;/h1-2H3,(H,6,7);1H. The van der Waals surface area contributed by atoms with Crippen molar-refractivity contribution >= 4 is 5.91 Å². The molecule has 0 aliphatic heterocycles. The van der Waals surface area contributed by atoms with Gasteiger partial charge in [-0.3, -0.25) is 4.79 Å². The number of amides is 1. The first-order chi connectivity index (χ1) is 3.31. The van der Waals surface area contributed by atoms with Gasteiger partial charge < -0.3 is 5.32 Å². The predicted octanol–water partition coefficient (Wildman–Crippen LogP) is 0.00170. The largest absolute Gasteiger partial charge is 0.348 e. The minimum absolute atomic E-state index is 0. The van der Waals surface area contributed by atoms with E-state index in [1.54, 1.807) is 14.0 Å². The van der Waals surface area contributed by atoms with Gasteiger partial charge in [-0.25, -0.2) is 0 Å². The first kappa shape index (κ1) is 6.03. The number of hydrogen-bond donors (Lipinski definition) is 1. The highest BCUT2D eigenvalue weighted by Crippen LogP contribution is 1.53. The zero-order valence-corrected chi connectivity index (χ0v) is 4.41. The van der Waals surface area contributed by atoms with Crippen LogP contribution in [-0.4, -0.2) is 13.0 Å². The Hall–Kier alpha value is -0.970. The van der Waals surface area contributed by atoms with Gasteiger partial charge in [-0.05, 0) is 12.8 Å². The van der Waals surface area contributed by atoms with Gasteiger partial charge in [0.05, 0.1) is 0 Å². The number of nitrogens with one attached hydrogen (secondary N) is 1. The summed E-state index contributed by atoms with van der Waals surface area (Å²) in [7, 11) is 1.55. The van der Waals surface area contributed by atoms with Crippen LogP contribution >= 0.6 is 0 Å². The Morgan fingerprint density at radius 1 is 1.86 bits per heavy atom. The SMILES string of the molecule is CC#CC(=O)NC.[HH]. The van der Waals surface area contributed by atoms with Crippen LogP contribution in [0.3, 0.4) is 0 Å². The molecule has 0 bridgehead atoms. The molecule has 0 aromatic rings. The average Bonchev–Trinajstić information content (AvgIpc) is 1.68. The summed E-state index contributed by atoms with van der Waals surface area (Å²) in [5.41, 5.74) is 0. The van der Waals surface area contributed by atoms with Crippen LogP contribution in [0.1, 0.15) is 8.35 Å². The fourth-order valence-electron chi connectivity index (χ4n) is 0.176. The molecule has 0 aliphatic rings. The minimum Gasteiger partial charge on any atom is -0.348 e. The van der Waals surface area contributed by atoms with Gasteiger partial charge in [-0.15, -0.1) is 0 Å². The van der Waals surface area contributed by atoms with Gasteiger partial charge in [-0.1, -0.05) is 5.92 Å². The van der Waals surface area contributed by atoms with Crippen LogP contribution in [0.25, 0.3) is 0 Å². The minimum atomic E-state index is -0.234.